The van der Waals surface area contributed by atoms with Crippen molar-refractivity contribution in [1.82, 2.24) is 0 Å². The molecule has 1 aromatic carbocycles. The molecule has 0 atom stereocenters. The summed E-state index contributed by atoms with van der Waals surface area (Å²) in [6.45, 7) is 5.32. The molecule has 1 heterocycles. The third kappa shape index (κ3) is 2.57. The summed E-state index contributed by atoms with van der Waals surface area (Å²) in [7, 11) is 0. The van der Waals surface area contributed by atoms with Crippen LogP contribution in [0.1, 0.15) is 28.6 Å². The molecule has 0 spiro atoms. The lowest BCUT2D eigenvalue weighted by Gasteiger charge is -2.13. The molecule has 1 N–H and O–H groups in total. The first-order valence-corrected chi connectivity index (χ1v) is 5.96. The lowest BCUT2D eigenvalue weighted by atomic mass is 10.0. The Balaban J connectivity index is 2.52. The number of rotatable bonds is 3. The molecule has 0 aliphatic heterocycles. The van der Waals surface area contributed by atoms with Gasteiger partial charge in [-0.1, -0.05) is 12.1 Å². The van der Waals surface area contributed by atoms with E-state index in [1.165, 1.54) is 6.92 Å². The molecule has 1 amide bonds. The van der Waals surface area contributed by atoms with Gasteiger partial charge in [0.1, 0.15) is 5.76 Å². The first-order valence-electron chi connectivity index (χ1n) is 5.96. The Bertz CT molecular complexity index is 641. The van der Waals surface area contributed by atoms with Crippen molar-refractivity contribution in [2.75, 3.05) is 5.32 Å². The lowest BCUT2D eigenvalue weighted by Crippen LogP contribution is -2.09. The zero-order chi connectivity index (χ0) is 14.0. The Kier molecular flexibility index (Phi) is 3.51. The van der Waals surface area contributed by atoms with Gasteiger partial charge in [0.2, 0.25) is 5.91 Å². The van der Waals surface area contributed by atoms with E-state index in [9.17, 15) is 9.59 Å². The minimum atomic E-state index is -0.114. The van der Waals surface area contributed by atoms with Crippen molar-refractivity contribution in [3.8, 4) is 11.3 Å². The van der Waals surface area contributed by atoms with Gasteiger partial charge in [0.05, 0.1) is 0 Å². The number of hydrogen-bond donors (Lipinski definition) is 1. The molecule has 0 saturated heterocycles. The van der Waals surface area contributed by atoms with Crippen LogP contribution in [-0.2, 0) is 4.79 Å². The number of furan rings is 1. The summed E-state index contributed by atoms with van der Waals surface area (Å²) in [5.74, 6) is 0.790. The second kappa shape index (κ2) is 5.10. The molecule has 0 unspecified atom stereocenters. The predicted octanol–water partition coefficient (Wildman–Crippen LogP) is 3.33. The highest BCUT2D eigenvalue weighted by Gasteiger charge is 2.13. The van der Waals surface area contributed by atoms with Gasteiger partial charge < -0.3 is 9.73 Å². The molecule has 4 nitrogen and oxygen atoms in total. The van der Waals surface area contributed by atoms with Crippen LogP contribution in [0.25, 0.3) is 11.3 Å². The van der Waals surface area contributed by atoms with Gasteiger partial charge in [0, 0.05) is 18.2 Å². The fourth-order valence-electron chi connectivity index (χ4n) is 2.04. The second-order valence-electron chi connectivity index (χ2n) is 4.43. The van der Waals surface area contributed by atoms with Gasteiger partial charge in [-0.3, -0.25) is 9.59 Å². The Morgan fingerprint density at radius 3 is 2.53 bits per heavy atom. The van der Waals surface area contributed by atoms with E-state index < -0.39 is 0 Å². The first kappa shape index (κ1) is 13.1. The van der Waals surface area contributed by atoms with Crippen LogP contribution in [-0.4, -0.2) is 12.2 Å². The Hall–Kier alpha value is -2.36. The molecular formula is C15H15NO3. The smallest absolute Gasteiger partial charge is 0.221 e. The van der Waals surface area contributed by atoms with Crippen LogP contribution in [0.2, 0.25) is 0 Å². The fourth-order valence-corrected chi connectivity index (χ4v) is 2.04. The lowest BCUT2D eigenvalue weighted by molar-refractivity contribution is -0.114. The molecule has 4 heteroatoms. The molecule has 19 heavy (non-hydrogen) atoms. The monoisotopic (exact) mass is 257 g/mol. The largest absolute Gasteiger partial charge is 0.453 e. The van der Waals surface area contributed by atoms with Crippen LogP contribution >= 0.6 is 0 Å². The third-order valence-electron chi connectivity index (χ3n) is 2.98. The van der Waals surface area contributed by atoms with Crippen LogP contribution < -0.4 is 5.32 Å². The topological polar surface area (TPSA) is 59.3 Å². The maximum atomic E-state index is 11.2. The zero-order valence-corrected chi connectivity index (χ0v) is 11.1. The van der Waals surface area contributed by atoms with Crippen LogP contribution in [0.3, 0.4) is 0 Å². The van der Waals surface area contributed by atoms with Gasteiger partial charge in [0.25, 0.3) is 0 Å². The summed E-state index contributed by atoms with van der Waals surface area (Å²) in [6, 6.07) is 7.21. The van der Waals surface area contributed by atoms with E-state index in [-0.39, 0.29) is 11.7 Å². The fraction of sp³-hybridized carbons (Fsp3) is 0.200. The molecule has 0 aliphatic rings. The molecule has 0 fully saturated rings. The van der Waals surface area contributed by atoms with E-state index in [0.717, 1.165) is 22.4 Å². The van der Waals surface area contributed by atoms with Gasteiger partial charge in [-0.25, -0.2) is 0 Å². The molecule has 0 bridgehead atoms. The maximum absolute atomic E-state index is 11.2. The summed E-state index contributed by atoms with van der Waals surface area (Å²) in [5.41, 5.74) is 3.55. The number of benzene rings is 1. The van der Waals surface area contributed by atoms with E-state index in [0.29, 0.717) is 12.0 Å². The molecule has 0 saturated carbocycles. The average Bonchev–Trinajstić information content (AvgIpc) is 2.83. The highest BCUT2D eigenvalue weighted by molar-refractivity contribution is 5.92. The van der Waals surface area contributed by atoms with Gasteiger partial charge >= 0.3 is 0 Å². The number of hydrogen-bond acceptors (Lipinski definition) is 3. The van der Waals surface area contributed by atoms with Crippen molar-refractivity contribution in [3.05, 3.63) is 41.2 Å². The summed E-state index contributed by atoms with van der Waals surface area (Å²) in [5, 5.41) is 2.82. The minimum Gasteiger partial charge on any atom is -0.453 e. The first-order chi connectivity index (χ1) is 9.02. The van der Waals surface area contributed by atoms with Crippen molar-refractivity contribution in [3.63, 3.8) is 0 Å². The van der Waals surface area contributed by atoms with Gasteiger partial charge in [0.15, 0.2) is 12.0 Å². The molecule has 2 aromatic rings. The highest BCUT2D eigenvalue weighted by Crippen LogP contribution is 2.32. The number of anilines is 1. The van der Waals surface area contributed by atoms with Crippen molar-refractivity contribution in [2.45, 2.75) is 20.8 Å². The van der Waals surface area contributed by atoms with Crippen LogP contribution in [0, 0.1) is 13.8 Å². The van der Waals surface area contributed by atoms with Crippen molar-refractivity contribution in [2.24, 2.45) is 0 Å². The number of nitrogens with one attached hydrogen (secondary N) is 1. The summed E-state index contributed by atoms with van der Waals surface area (Å²) >= 11 is 0. The van der Waals surface area contributed by atoms with Crippen molar-refractivity contribution in [1.29, 1.82) is 0 Å². The molecule has 0 radical (unpaired) electrons. The summed E-state index contributed by atoms with van der Waals surface area (Å²) in [6.07, 6.45) is 0.668. The number of amides is 1. The van der Waals surface area contributed by atoms with E-state index in [1.54, 1.807) is 12.1 Å². The molecule has 0 aliphatic carbocycles. The quantitative estimate of drug-likeness (QED) is 0.858. The Morgan fingerprint density at radius 2 is 1.95 bits per heavy atom. The molecule has 2 rings (SSSR count). The van der Waals surface area contributed by atoms with Gasteiger partial charge in [-0.05, 0) is 37.1 Å². The van der Waals surface area contributed by atoms with E-state index in [2.05, 4.69) is 5.32 Å². The van der Waals surface area contributed by atoms with Crippen molar-refractivity contribution >= 4 is 17.9 Å². The highest BCUT2D eigenvalue weighted by atomic mass is 16.3. The predicted molar refractivity (Wildman–Crippen MR) is 73.3 cm³/mol. The number of carbonyl (C=O) groups excluding carboxylic acids is 2. The summed E-state index contributed by atoms with van der Waals surface area (Å²) < 4.78 is 5.42. The number of aldehydes is 1. The SMILES string of the molecule is CC(=O)Nc1c(C)ccc(-c2ccc(C=O)o2)c1C. The second-order valence-corrected chi connectivity index (χ2v) is 4.43. The summed E-state index contributed by atoms with van der Waals surface area (Å²) in [4.78, 5) is 21.9. The zero-order valence-electron chi connectivity index (χ0n) is 11.1. The van der Waals surface area contributed by atoms with Gasteiger partial charge in [-0.15, -0.1) is 0 Å². The maximum Gasteiger partial charge on any atom is 0.221 e. The van der Waals surface area contributed by atoms with E-state index in [1.807, 2.05) is 26.0 Å². The van der Waals surface area contributed by atoms with E-state index in [4.69, 9.17) is 4.42 Å². The molecule has 98 valence electrons. The van der Waals surface area contributed by atoms with Crippen molar-refractivity contribution < 1.29 is 14.0 Å². The third-order valence-corrected chi connectivity index (χ3v) is 2.98. The number of carbonyl (C=O) groups is 2. The normalized spacial score (nSPS) is 10.3. The van der Waals surface area contributed by atoms with Crippen LogP contribution in [0.5, 0.6) is 0 Å². The van der Waals surface area contributed by atoms with Crippen LogP contribution in [0.15, 0.2) is 28.7 Å². The standard InChI is InChI=1S/C15H15NO3/c1-9-4-6-13(10(2)15(9)16-11(3)18)14-7-5-12(8-17)19-14/h4-8H,1-3H3,(H,16,18). The number of aryl methyl sites for hydroxylation is 1. The van der Waals surface area contributed by atoms with Gasteiger partial charge in [-0.2, -0.15) is 0 Å². The Labute approximate surface area is 111 Å². The van der Waals surface area contributed by atoms with Crippen LogP contribution in [0.4, 0.5) is 5.69 Å². The minimum absolute atomic E-state index is 0.114. The Morgan fingerprint density at radius 1 is 1.21 bits per heavy atom. The molecule has 1 aromatic heterocycles. The average molecular weight is 257 g/mol. The van der Waals surface area contributed by atoms with E-state index >= 15 is 0 Å². The molecular weight excluding hydrogens is 242 g/mol.